The van der Waals surface area contributed by atoms with Gasteiger partial charge in [-0.25, -0.2) is 4.39 Å². The number of aliphatic hydroxyl groups is 1. The number of carbonyl (C=O) groups is 3. The Morgan fingerprint density at radius 2 is 2.07 bits per heavy atom. The average Bonchev–Trinajstić information content (AvgIpc) is 3.20. The van der Waals surface area contributed by atoms with Crippen molar-refractivity contribution in [2.45, 2.75) is 24.6 Å². The Labute approximate surface area is 154 Å². The third kappa shape index (κ3) is 2.28. The predicted molar refractivity (Wildman–Crippen MR) is 90.9 cm³/mol. The summed E-state index contributed by atoms with van der Waals surface area (Å²) < 4.78 is 18.9. The molecule has 3 aliphatic rings. The van der Waals surface area contributed by atoms with Crippen molar-refractivity contribution in [2.75, 3.05) is 25.6 Å². The number of halogens is 1. The van der Waals surface area contributed by atoms with E-state index >= 15 is 0 Å². The van der Waals surface area contributed by atoms with E-state index in [0.29, 0.717) is 5.69 Å². The lowest BCUT2D eigenvalue weighted by Gasteiger charge is -2.30. The Morgan fingerprint density at radius 3 is 2.74 bits per heavy atom. The van der Waals surface area contributed by atoms with E-state index in [9.17, 15) is 23.9 Å². The number of hydrogen-bond donors (Lipinski definition) is 3. The van der Waals surface area contributed by atoms with Gasteiger partial charge in [-0.2, -0.15) is 0 Å². The molecule has 3 aliphatic heterocycles. The number of nitrogens with one attached hydrogen (secondary N) is 2. The topological polar surface area (TPSA) is 108 Å². The number of imide groups is 1. The van der Waals surface area contributed by atoms with E-state index in [1.54, 1.807) is 0 Å². The number of methoxy groups -OCH3 is 1. The average molecular weight is 377 g/mol. The summed E-state index contributed by atoms with van der Waals surface area (Å²) in [5, 5.41) is 15.9. The lowest BCUT2D eigenvalue weighted by atomic mass is 9.76. The maximum atomic E-state index is 13.9. The molecule has 2 saturated heterocycles. The number of anilines is 1. The molecule has 1 aromatic carbocycles. The molecule has 1 spiro atoms. The summed E-state index contributed by atoms with van der Waals surface area (Å²) in [7, 11) is 1.46. The third-order valence-corrected chi connectivity index (χ3v) is 5.74. The Morgan fingerprint density at radius 1 is 1.33 bits per heavy atom. The van der Waals surface area contributed by atoms with E-state index in [2.05, 4.69) is 10.6 Å². The molecule has 1 aromatic rings. The van der Waals surface area contributed by atoms with E-state index < -0.39 is 53.1 Å². The van der Waals surface area contributed by atoms with Crippen LogP contribution in [0.5, 0.6) is 0 Å². The number of nitrogens with zero attached hydrogens (tertiary/aromatic N) is 1. The minimum absolute atomic E-state index is 0.0569. The number of amides is 3. The Balaban J connectivity index is 1.86. The van der Waals surface area contributed by atoms with Gasteiger partial charge in [0.15, 0.2) is 0 Å². The van der Waals surface area contributed by atoms with Crippen molar-refractivity contribution in [3.8, 4) is 0 Å². The summed E-state index contributed by atoms with van der Waals surface area (Å²) in [4.78, 5) is 40.1. The highest BCUT2D eigenvalue weighted by Gasteiger charge is 2.71. The summed E-state index contributed by atoms with van der Waals surface area (Å²) in [5.41, 5.74) is -0.937. The van der Waals surface area contributed by atoms with Gasteiger partial charge in [-0.3, -0.25) is 24.6 Å². The monoisotopic (exact) mass is 377 g/mol. The predicted octanol–water partition coefficient (Wildman–Crippen LogP) is -0.427. The zero-order chi connectivity index (χ0) is 19.5. The summed E-state index contributed by atoms with van der Waals surface area (Å²) in [6, 6.07) is 3.01. The first-order valence-corrected chi connectivity index (χ1v) is 8.74. The van der Waals surface area contributed by atoms with Crippen LogP contribution in [0.3, 0.4) is 0 Å². The normalized spacial score (nSPS) is 32.8. The van der Waals surface area contributed by atoms with Crippen LogP contribution in [0.4, 0.5) is 10.1 Å². The number of carbonyl (C=O) groups excluding carboxylic acids is 3. The lowest BCUT2D eigenvalue weighted by Crippen LogP contribution is -2.55. The highest BCUT2D eigenvalue weighted by molar-refractivity contribution is 6.15. The number of aliphatic hydroxyl groups excluding tert-OH is 1. The molecule has 2 fully saturated rings. The van der Waals surface area contributed by atoms with Gasteiger partial charge in [0, 0.05) is 24.4 Å². The summed E-state index contributed by atoms with van der Waals surface area (Å²) >= 11 is 0. The quantitative estimate of drug-likeness (QED) is 0.615. The zero-order valence-electron chi connectivity index (χ0n) is 14.9. The van der Waals surface area contributed by atoms with Crippen molar-refractivity contribution < 1.29 is 28.6 Å². The van der Waals surface area contributed by atoms with Gasteiger partial charge in [0.2, 0.25) is 17.7 Å². The van der Waals surface area contributed by atoms with Gasteiger partial charge in [-0.1, -0.05) is 0 Å². The first-order chi connectivity index (χ1) is 12.8. The fourth-order valence-corrected chi connectivity index (χ4v) is 4.58. The van der Waals surface area contributed by atoms with E-state index in [1.165, 1.54) is 32.2 Å². The Bertz CT molecular complexity index is 844. The molecule has 0 radical (unpaired) electrons. The maximum absolute atomic E-state index is 13.9. The first-order valence-electron chi connectivity index (χ1n) is 8.74. The van der Waals surface area contributed by atoms with Gasteiger partial charge in [-0.15, -0.1) is 0 Å². The molecule has 144 valence electrons. The Hall–Kier alpha value is -2.36. The van der Waals surface area contributed by atoms with Crippen LogP contribution in [0.1, 0.15) is 12.5 Å². The van der Waals surface area contributed by atoms with Crippen molar-refractivity contribution in [1.82, 2.24) is 10.2 Å². The number of ether oxygens (including phenoxy) is 1. The fraction of sp³-hybridized carbons (Fsp3) is 0.500. The highest BCUT2D eigenvalue weighted by Crippen LogP contribution is 2.53. The SMILES string of the molecule is COCCN1C(=O)[C@@H]2[C@@H]([C@H](C)O)N[C@@]3(C(=O)Nc4ccc(F)cc43)[C@@H]2C1=O. The van der Waals surface area contributed by atoms with Crippen LogP contribution in [-0.4, -0.2) is 60.1 Å². The smallest absolute Gasteiger partial charge is 0.250 e. The van der Waals surface area contributed by atoms with E-state index in [0.717, 1.165) is 4.90 Å². The molecule has 27 heavy (non-hydrogen) atoms. The van der Waals surface area contributed by atoms with Crippen LogP contribution in [-0.2, 0) is 24.7 Å². The second-order valence-electron chi connectivity index (χ2n) is 7.19. The second kappa shape index (κ2) is 6.08. The molecular formula is C18H20FN3O5. The molecule has 9 heteroatoms. The van der Waals surface area contributed by atoms with Crippen LogP contribution in [0, 0.1) is 17.7 Å². The number of rotatable bonds is 4. The maximum Gasteiger partial charge on any atom is 0.250 e. The second-order valence-corrected chi connectivity index (χ2v) is 7.19. The number of hydrogen-bond acceptors (Lipinski definition) is 6. The highest BCUT2D eigenvalue weighted by atomic mass is 19.1. The van der Waals surface area contributed by atoms with Crippen LogP contribution in [0.15, 0.2) is 18.2 Å². The summed E-state index contributed by atoms with van der Waals surface area (Å²) in [6.07, 6.45) is -0.999. The fourth-order valence-electron chi connectivity index (χ4n) is 4.58. The molecule has 0 aliphatic carbocycles. The molecule has 4 rings (SSSR count). The van der Waals surface area contributed by atoms with Gasteiger partial charge in [-0.05, 0) is 25.1 Å². The molecular weight excluding hydrogens is 357 g/mol. The molecule has 3 N–H and O–H groups in total. The standard InChI is InChI=1S/C18H20FN3O5/c1-8(23)14-12-13(16(25)22(15(12)24)5-6-27-2)18(21-14)10-7-9(19)3-4-11(10)20-17(18)26/h3-4,7-8,12-14,21,23H,5-6H2,1-2H3,(H,20,26)/t8-,12-,13-,14+,18+/m0/s1. The molecule has 0 bridgehead atoms. The Kier molecular flexibility index (Phi) is 4.06. The van der Waals surface area contributed by atoms with Crippen LogP contribution < -0.4 is 10.6 Å². The molecule has 0 unspecified atom stereocenters. The number of likely N-dealkylation sites (tertiary alicyclic amines) is 1. The number of benzene rings is 1. The molecule has 3 amide bonds. The van der Waals surface area contributed by atoms with Crippen molar-refractivity contribution in [1.29, 1.82) is 0 Å². The third-order valence-electron chi connectivity index (χ3n) is 5.74. The first kappa shape index (κ1) is 18.0. The van der Waals surface area contributed by atoms with Gasteiger partial charge in [0.1, 0.15) is 11.4 Å². The van der Waals surface area contributed by atoms with Gasteiger partial charge in [0.05, 0.1) is 31.1 Å². The molecule has 8 nitrogen and oxygen atoms in total. The van der Waals surface area contributed by atoms with Crippen molar-refractivity contribution in [3.05, 3.63) is 29.6 Å². The van der Waals surface area contributed by atoms with Crippen LogP contribution >= 0.6 is 0 Å². The minimum Gasteiger partial charge on any atom is -0.392 e. The van der Waals surface area contributed by atoms with Crippen molar-refractivity contribution in [3.63, 3.8) is 0 Å². The summed E-state index contributed by atoms with van der Waals surface area (Å²) in [6.45, 7) is 1.71. The molecule has 0 saturated carbocycles. The number of fused-ring (bicyclic) bond motifs is 4. The van der Waals surface area contributed by atoms with E-state index in [-0.39, 0.29) is 18.7 Å². The molecule has 0 aromatic heterocycles. The van der Waals surface area contributed by atoms with Gasteiger partial charge in [0.25, 0.3) is 0 Å². The summed E-state index contributed by atoms with van der Waals surface area (Å²) in [5.74, 6) is -4.06. The van der Waals surface area contributed by atoms with Gasteiger partial charge < -0.3 is 15.2 Å². The van der Waals surface area contributed by atoms with Gasteiger partial charge >= 0.3 is 0 Å². The molecule has 5 atom stereocenters. The van der Waals surface area contributed by atoms with E-state index in [1.807, 2.05) is 0 Å². The lowest BCUT2D eigenvalue weighted by molar-refractivity contribution is -0.143. The molecule has 3 heterocycles. The van der Waals surface area contributed by atoms with Crippen molar-refractivity contribution >= 4 is 23.4 Å². The minimum atomic E-state index is -1.60. The van der Waals surface area contributed by atoms with Crippen molar-refractivity contribution in [2.24, 2.45) is 11.8 Å². The van der Waals surface area contributed by atoms with Crippen LogP contribution in [0.2, 0.25) is 0 Å². The zero-order valence-corrected chi connectivity index (χ0v) is 14.9. The van der Waals surface area contributed by atoms with E-state index in [4.69, 9.17) is 4.74 Å². The van der Waals surface area contributed by atoms with Crippen LogP contribution in [0.25, 0.3) is 0 Å². The largest absolute Gasteiger partial charge is 0.392 e.